The van der Waals surface area contributed by atoms with E-state index >= 15 is 0 Å². The van der Waals surface area contributed by atoms with Crippen molar-refractivity contribution in [3.8, 4) is 0 Å². The lowest BCUT2D eigenvalue weighted by atomic mass is 10.2. The first-order valence-corrected chi connectivity index (χ1v) is 11.5. The monoisotopic (exact) mass is 423 g/mol. The van der Waals surface area contributed by atoms with Gasteiger partial charge in [-0.25, -0.2) is 21.6 Å². The number of nitrogens with one attached hydrogen (secondary N) is 1. The van der Waals surface area contributed by atoms with Crippen LogP contribution in [0, 0.1) is 0 Å². The molecule has 0 unspecified atom stereocenters. The fraction of sp³-hybridized carbons (Fsp3) is 0.278. The van der Waals surface area contributed by atoms with E-state index in [4.69, 9.17) is 0 Å². The van der Waals surface area contributed by atoms with Gasteiger partial charge in [0.1, 0.15) is 0 Å². The molecule has 0 atom stereocenters. The number of hydrogen-bond acceptors (Lipinski definition) is 6. The Kier molecular flexibility index (Phi) is 5.46. The summed E-state index contributed by atoms with van der Waals surface area (Å²) < 4.78 is 53.3. The molecule has 1 heterocycles. The van der Waals surface area contributed by atoms with Crippen LogP contribution in [0.25, 0.3) is 0 Å². The quantitative estimate of drug-likeness (QED) is 0.750. The highest BCUT2D eigenvalue weighted by atomic mass is 32.2. The molecule has 0 aromatic heterocycles. The van der Waals surface area contributed by atoms with Gasteiger partial charge >= 0.3 is 0 Å². The van der Waals surface area contributed by atoms with Crippen LogP contribution in [0.4, 0.5) is 5.69 Å². The Morgan fingerprint density at radius 3 is 2.11 bits per heavy atom. The van der Waals surface area contributed by atoms with Gasteiger partial charge < -0.3 is 4.90 Å². The van der Waals surface area contributed by atoms with Crippen LogP contribution in [-0.2, 0) is 20.0 Å². The zero-order chi connectivity index (χ0) is 20.5. The SMILES string of the molecule is CN(C)c1ccc(C(=O)NS(=O)(=O)c2cccc(S(=O)(=O)N3CCC3)c2)cc1. The number of sulfonamides is 2. The predicted molar refractivity (Wildman–Crippen MR) is 105 cm³/mol. The van der Waals surface area contributed by atoms with E-state index in [1.165, 1.54) is 34.6 Å². The van der Waals surface area contributed by atoms with Crippen molar-refractivity contribution in [3.05, 3.63) is 54.1 Å². The molecule has 0 saturated carbocycles. The van der Waals surface area contributed by atoms with Gasteiger partial charge in [-0.3, -0.25) is 4.79 Å². The highest BCUT2D eigenvalue weighted by Gasteiger charge is 2.30. The van der Waals surface area contributed by atoms with Crippen LogP contribution in [-0.4, -0.2) is 54.2 Å². The average molecular weight is 424 g/mol. The number of rotatable bonds is 6. The van der Waals surface area contributed by atoms with Gasteiger partial charge in [-0.05, 0) is 48.9 Å². The van der Waals surface area contributed by atoms with Gasteiger partial charge in [0.05, 0.1) is 9.79 Å². The van der Waals surface area contributed by atoms with Gasteiger partial charge in [0.25, 0.3) is 15.9 Å². The molecule has 150 valence electrons. The number of amides is 1. The van der Waals surface area contributed by atoms with Crippen molar-refractivity contribution in [3.63, 3.8) is 0 Å². The molecule has 10 heteroatoms. The standard InChI is InChI=1S/C18H21N3O5S2/c1-20(2)15-9-7-14(8-10-15)18(22)19-27(23,24)16-5-3-6-17(13-16)28(25,26)21-11-4-12-21/h3,5-10,13H,4,11-12H2,1-2H3,(H,19,22). The summed E-state index contributed by atoms with van der Waals surface area (Å²) in [6.45, 7) is 0.831. The maximum absolute atomic E-state index is 12.6. The van der Waals surface area contributed by atoms with Crippen molar-refractivity contribution in [2.24, 2.45) is 0 Å². The fourth-order valence-corrected chi connectivity index (χ4v) is 5.29. The Bertz CT molecular complexity index is 1090. The molecule has 0 spiro atoms. The van der Waals surface area contributed by atoms with Gasteiger partial charge in [-0.15, -0.1) is 0 Å². The third-order valence-electron chi connectivity index (χ3n) is 4.44. The topological polar surface area (TPSA) is 104 Å². The molecule has 3 rings (SSSR count). The molecule has 0 bridgehead atoms. The molecular weight excluding hydrogens is 402 g/mol. The Morgan fingerprint density at radius 1 is 0.964 bits per heavy atom. The van der Waals surface area contributed by atoms with Crippen molar-refractivity contribution >= 4 is 31.6 Å². The minimum Gasteiger partial charge on any atom is -0.378 e. The predicted octanol–water partition coefficient (Wildman–Crippen LogP) is 1.27. The first-order valence-electron chi connectivity index (χ1n) is 8.56. The van der Waals surface area contributed by atoms with Gasteiger partial charge in [0.2, 0.25) is 10.0 Å². The Hall–Kier alpha value is -2.43. The minimum absolute atomic E-state index is 0.113. The van der Waals surface area contributed by atoms with Crippen molar-refractivity contribution in [1.82, 2.24) is 9.03 Å². The highest BCUT2D eigenvalue weighted by Crippen LogP contribution is 2.23. The Balaban J connectivity index is 1.83. The number of benzene rings is 2. The Labute approximate surface area is 164 Å². The fourth-order valence-electron chi connectivity index (χ4n) is 2.63. The normalized spacial score (nSPS) is 14.9. The molecule has 28 heavy (non-hydrogen) atoms. The van der Waals surface area contributed by atoms with Gasteiger partial charge in [-0.1, -0.05) is 6.07 Å². The first kappa shape index (κ1) is 20.3. The number of carbonyl (C=O) groups is 1. The second kappa shape index (κ2) is 7.53. The summed E-state index contributed by atoms with van der Waals surface area (Å²) in [4.78, 5) is 13.8. The van der Waals surface area contributed by atoms with E-state index in [0.29, 0.717) is 13.1 Å². The molecule has 0 aliphatic carbocycles. The zero-order valence-corrected chi connectivity index (χ0v) is 17.1. The summed E-state index contributed by atoms with van der Waals surface area (Å²) in [6.07, 6.45) is 0.778. The van der Waals surface area contributed by atoms with E-state index in [0.717, 1.165) is 18.2 Å². The van der Waals surface area contributed by atoms with Gasteiger partial charge in [0.15, 0.2) is 0 Å². The van der Waals surface area contributed by atoms with E-state index in [1.54, 1.807) is 12.1 Å². The molecular formula is C18H21N3O5S2. The average Bonchev–Trinajstić information content (AvgIpc) is 2.59. The molecule has 1 amide bonds. The van der Waals surface area contributed by atoms with Crippen LogP contribution >= 0.6 is 0 Å². The second-order valence-corrected chi connectivity index (χ2v) is 10.2. The van der Waals surface area contributed by atoms with E-state index in [-0.39, 0.29) is 15.4 Å². The second-order valence-electron chi connectivity index (χ2n) is 6.61. The van der Waals surface area contributed by atoms with Crippen LogP contribution in [0.1, 0.15) is 16.8 Å². The van der Waals surface area contributed by atoms with Crippen LogP contribution in [0.5, 0.6) is 0 Å². The van der Waals surface area contributed by atoms with Crippen molar-refractivity contribution in [2.75, 3.05) is 32.1 Å². The van der Waals surface area contributed by atoms with E-state index in [9.17, 15) is 21.6 Å². The van der Waals surface area contributed by atoms with Crippen molar-refractivity contribution in [2.45, 2.75) is 16.2 Å². The number of anilines is 1. The van der Waals surface area contributed by atoms with Crippen LogP contribution in [0.3, 0.4) is 0 Å². The van der Waals surface area contributed by atoms with E-state index in [2.05, 4.69) is 0 Å². The van der Waals surface area contributed by atoms with E-state index in [1.807, 2.05) is 23.7 Å². The summed E-state index contributed by atoms with van der Waals surface area (Å²) in [5.41, 5.74) is 1.04. The first-order chi connectivity index (χ1) is 13.1. The molecule has 1 fully saturated rings. The molecule has 0 radical (unpaired) electrons. The maximum atomic E-state index is 12.6. The third kappa shape index (κ3) is 4.03. The molecule has 2 aromatic carbocycles. The summed E-state index contributed by atoms with van der Waals surface area (Å²) in [7, 11) is -4.26. The number of nitrogens with zero attached hydrogens (tertiary/aromatic N) is 2. The summed E-state index contributed by atoms with van der Waals surface area (Å²) in [5.74, 6) is -0.790. The van der Waals surface area contributed by atoms with E-state index < -0.39 is 26.0 Å². The number of carbonyl (C=O) groups excluding carboxylic acids is 1. The largest absolute Gasteiger partial charge is 0.378 e. The maximum Gasteiger partial charge on any atom is 0.264 e. The van der Waals surface area contributed by atoms with Crippen LogP contribution in [0.2, 0.25) is 0 Å². The molecule has 1 aliphatic heterocycles. The lowest BCUT2D eigenvalue weighted by Gasteiger charge is -2.29. The Morgan fingerprint density at radius 2 is 1.57 bits per heavy atom. The third-order valence-corrected chi connectivity index (χ3v) is 7.66. The molecule has 1 aliphatic rings. The molecule has 1 N–H and O–H groups in total. The molecule has 1 saturated heterocycles. The number of hydrogen-bond donors (Lipinski definition) is 1. The summed E-state index contributed by atoms with van der Waals surface area (Å²) in [6, 6.07) is 11.4. The molecule has 2 aromatic rings. The lowest BCUT2D eigenvalue weighted by molar-refractivity contribution is 0.0981. The lowest BCUT2D eigenvalue weighted by Crippen LogP contribution is -2.42. The summed E-state index contributed by atoms with van der Waals surface area (Å²) >= 11 is 0. The zero-order valence-electron chi connectivity index (χ0n) is 15.5. The van der Waals surface area contributed by atoms with Gasteiger partial charge in [0, 0.05) is 38.4 Å². The minimum atomic E-state index is -4.22. The van der Waals surface area contributed by atoms with Crippen LogP contribution in [0.15, 0.2) is 58.3 Å². The van der Waals surface area contributed by atoms with Crippen molar-refractivity contribution < 1.29 is 21.6 Å². The van der Waals surface area contributed by atoms with Gasteiger partial charge in [-0.2, -0.15) is 4.31 Å². The summed E-state index contributed by atoms with van der Waals surface area (Å²) in [5, 5.41) is 0. The highest BCUT2D eigenvalue weighted by molar-refractivity contribution is 7.90. The smallest absolute Gasteiger partial charge is 0.264 e. The van der Waals surface area contributed by atoms with Crippen LogP contribution < -0.4 is 9.62 Å². The van der Waals surface area contributed by atoms with Crippen molar-refractivity contribution in [1.29, 1.82) is 0 Å². The molecule has 8 nitrogen and oxygen atoms in total.